The number of halogens is 2. The molecule has 19 heavy (non-hydrogen) atoms. The van der Waals surface area contributed by atoms with Crippen molar-refractivity contribution in [1.29, 1.82) is 0 Å². The minimum atomic E-state index is -0.748. The van der Waals surface area contributed by atoms with Gasteiger partial charge in [0.2, 0.25) is 0 Å². The molecular formula is C12H13BrClNO4. The molecule has 5 nitrogen and oxygen atoms in total. The lowest BCUT2D eigenvalue weighted by molar-refractivity contribution is -0.141. The number of benzene rings is 1. The number of methoxy groups -OCH3 is 1. The molecule has 0 saturated heterocycles. The summed E-state index contributed by atoms with van der Waals surface area (Å²) >= 11 is 9.08. The summed E-state index contributed by atoms with van der Waals surface area (Å²) in [7, 11) is 1.25. The van der Waals surface area contributed by atoms with Gasteiger partial charge < -0.3 is 14.8 Å². The molecule has 0 bridgehead atoms. The maximum absolute atomic E-state index is 11.7. The molecule has 1 aromatic carbocycles. The molecule has 0 spiro atoms. The van der Waals surface area contributed by atoms with Gasteiger partial charge in [-0.2, -0.15) is 0 Å². The fourth-order valence-corrected chi connectivity index (χ4v) is 1.97. The molecule has 0 aliphatic heterocycles. The first-order chi connectivity index (χ1) is 8.93. The van der Waals surface area contributed by atoms with Crippen molar-refractivity contribution in [2.24, 2.45) is 0 Å². The smallest absolute Gasteiger partial charge is 0.325 e. The molecule has 1 atom stereocenters. The quantitative estimate of drug-likeness (QED) is 0.827. The van der Waals surface area contributed by atoms with Gasteiger partial charge in [-0.3, -0.25) is 9.59 Å². The van der Waals surface area contributed by atoms with Crippen molar-refractivity contribution in [2.75, 3.05) is 13.7 Å². The average Bonchev–Trinajstić information content (AvgIpc) is 2.38. The summed E-state index contributed by atoms with van der Waals surface area (Å²) in [6.07, 6.45) is -0.748. The first kappa shape index (κ1) is 15.8. The third kappa shape index (κ3) is 5.08. The molecule has 0 radical (unpaired) electrons. The molecule has 1 aromatic rings. The summed E-state index contributed by atoms with van der Waals surface area (Å²) < 4.78 is 10.5. The largest absolute Gasteiger partial charge is 0.480 e. The number of esters is 1. The van der Waals surface area contributed by atoms with E-state index >= 15 is 0 Å². The summed E-state index contributed by atoms with van der Waals surface area (Å²) in [4.78, 5) is 22.5. The van der Waals surface area contributed by atoms with Gasteiger partial charge in [-0.25, -0.2) is 0 Å². The van der Waals surface area contributed by atoms with E-state index in [1.165, 1.54) is 7.11 Å². The minimum Gasteiger partial charge on any atom is -0.480 e. The predicted octanol–water partition coefficient (Wildman–Crippen LogP) is 2.16. The zero-order valence-electron chi connectivity index (χ0n) is 10.4. The molecular weight excluding hydrogens is 337 g/mol. The first-order valence-corrected chi connectivity index (χ1v) is 6.57. The summed E-state index contributed by atoms with van der Waals surface area (Å²) in [5.74, 6) is -0.439. The van der Waals surface area contributed by atoms with E-state index in [1.54, 1.807) is 25.1 Å². The van der Waals surface area contributed by atoms with Crippen molar-refractivity contribution in [3.8, 4) is 5.75 Å². The summed E-state index contributed by atoms with van der Waals surface area (Å²) in [6, 6.07) is 4.97. The minimum absolute atomic E-state index is 0.190. The Morgan fingerprint density at radius 2 is 2.16 bits per heavy atom. The van der Waals surface area contributed by atoms with Crippen LogP contribution in [0.1, 0.15) is 6.92 Å². The summed E-state index contributed by atoms with van der Waals surface area (Å²) in [5, 5.41) is 2.96. The maximum atomic E-state index is 11.7. The number of hydrogen-bond donors (Lipinski definition) is 1. The topological polar surface area (TPSA) is 64.6 Å². The van der Waals surface area contributed by atoms with E-state index in [4.69, 9.17) is 16.3 Å². The fourth-order valence-electron chi connectivity index (χ4n) is 1.19. The second kappa shape index (κ2) is 7.35. The maximum Gasteiger partial charge on any atom is 0.325 e. The van der Waals surface area contributed by atoms with Crippen LogP contribution in [0.2, 0.25) is 5.02 Å². The van der Waals surface area contributed by atoms with E-state index < -0.39 is 18.0 Å². The number of rotatable bonds is 5. The SMILES string of the molecule is COC(=O)CNC(=O)C(C)Oc1ccc(Cl)cc1Br. The van der Waals surface area contributed by atoms with Crippen molar-refractivity contribution in [3.63, 3.8) is 0 Å². The van der Waals surface area contributed by atoms with E-state index in [1.807, 2.05) is 0 Å². The van der Waals surface area contributed by atoms with E-state index in [2.05, 4.69) is 26.0 Å². The van der Waals surface area contributed by atoms with Gasteiger partial charge in [0.15, 0.2) is 6.10 Å². The van der Waals surface area contributed by atoms with Crippen molar-refractivity contribution in [3.05, 3.63) is 27.7 Å². The molecule has 0 fully saturated rings. The molecule has 104 valence electrons. The lowest BCUT2D eigenvalue weighted by Crippen LogP contribution is -2.39. The molecule has 1 unspecified atom stereocenters. The zero-order chi connectivity index (χ0) is 14.4. The Bertz CT molecular complexity index is 481. The van der Waals surface area contributed by atoms with Crippen LogP contribution in [0.15, 0.2) is 22.7 Å². The van der Waals surface area contributed by atoms with Gasteiger partial charge in [0.05, 0.1) is 11.6 Å². The number of ether oxygens (including phenoxy) is 2. The van der Waals surface area contributed by atoms with Crippen molar-refractivity contribution >= 4 is 39.4 Å². The highest BCUT2D eigenvalue weighted by Crippen LogP contribution is 2.28. The lowest BCUT2D eigenvalue weighted by atomic mass is 10.3. The van der Waals surface area contributed by atoms with Crippen LogP contribution in [-0.4, -0.2) is 31.6 Å². The number of nitrogens with one attached hydrogen (secondary N) is 1. The fraction of sp³-hybridized carbons (Fsp3) is 0.333. The van der Waals surface area contributed by atoms with Crippen molar-refractivity contribution < 1.29 is 19.1 Å². The van der Waals surface area contributed by atoms with Gasteiger partial charge in [0.25, 0.3) is 5.91 Å². The predicted molar refractivity (Wildman–Crippen MR) is 74.3 cm³/mol. The Balaban J connectivity index is 2.56. The second-order valence-electron chi connectivity index (χ2n) is 3.63. The van der Waals surface area contributed by atoms with Gasteiger partial charge in [0.1, 0.15) is 12.3 Å². The van der Waals surface area contributed by atoms with Crippen LogP contribution < -0.4 is 10.1 Å². The lowest BCUT2D eigenvalue weighted by Gasteiger charge is -2.15. The van der Waals surface area contributed by atoms with E-state index in [9.17, 15) is 9.59 Å². The normalized spacial score (nSPS) is 11.6. The van der Waals surface area contributed by atoms with Crippen LogP contribution in [-0.2, 0) is 14.3 Å². The van der Waals surface area contributed by atoms with Gasteiger partial charge >= 0.3 is 5.97 Å². The Morgan fingerprint density at radius 3 is 2.74 bits per heavy atom. The van der Waals surface area contributed by atoms with Crippen LogP contribution in [0.5, 0.6) is 5.75 Å². The van der Waals surface area contributed by atoms with Crippen LogP contribution in [0.3, 0.4) is 0 Å². The van der Waals surface area contributed by atoms with Gasteiger partial charge in [-0.05, 0) is 41.1 Å². The Kier molecular flexibility index (Phi) is 6.11. The number of hydrogen-bond acceptors (Lipinski definition) is 4. The molecule has 0 saturated carbocycles. The highest BCUT2D eigenvalue weighted by molar-refractivity contribution is 9.10. The average molecular weight is 351 g/mol. The van der Waals surface area contributed by atoms with Gasteiger partial charge in [-0.1, -0.05) is 11.6 Å². The number of amides is 1. The third-order valence-corrected chi connectivity index (χ3v) is 3.06. The Labute approximate surface area is 124 Å². The first-order valence-electron chi connectivity index (χ1n) is 5.40. The number of carbonyl (C=O) groups is 2. The van der Waals surface area contributed by atoms with E-state index in [0.29, 0.717) is 15.2 Å². The second-order valence-corrected chi connectivity index (χ2v) is 4.92. The zero-order valence-corrected chi connectivity index (χ0v) is 12.7. The van der Waals surface area contributed by atoms with Gasteiger partial charge in [-0.15, -0.1) is 0 Å². The molecule has 0 aliphatic rings. The molecule has 0 aliphatic carbocycles. The van der Waals surface area contributed by atoms with Crippen LogP contribution in [0, 0.1) is 0 Å². The van der Waals surface area contributed by atoms with Crippen LogP contribution in [0.25, 0.3) is 0 Å². The molecule has 1 amide bonds. The molecule has 0 aromatic heterocycles. The van der Waals surface area contributed by atoms with E-state index in [-0.39, 0.29) is 6.54 Å². The number of carbonyl (C=O) groups excluding carboxylic acids is 2. The third-order valence-electron chi connectivity index (χ3n) is 2.20. The highest BCUT2D eigenvalue weighted by Gasteiger charge is 2.16. The van der Waals surface area contributed by atoms with E-state index in [0.717, 1.165) is 0 Å². The molecule has 1 rings (SSSR count). The van der Waals surface area contributed by atoms with Crippen LogP contribution >= 0.6 is 27.5 Å². The van der Waals surface area contributed by atoms with Crippen molar-refractivity contribution in [2.45, 2.75) is 13.0 Å². The van der Waals surface area contributed by atoms with Crippen molar-refractivity contribution in [1.82, 2.24) is 5.32 Å². The monoisotopic (exact) mass is 349 g/mol. The summed E-state index contributed by atoms with van der Waals surface area (Å²) in [5.41, 5.74) is 0. The molecule has 0 heterocycles. The standard InChI is InChI=1S/C12H13BrClNO4/c1-7(12(17)15-6-11(16)18-2)19-10-4-3-8(14)5-9(10)13/h3-5,7H,6H2,1-2H3,(H,15,17). The van der Waals surface area contributed by atoms with Crippen LogP contribution in [0.4, 0.5) is 0 Å². The Morgan fingerprint density at radius 1 is 1.47 bits per heavy atom. The Hall–Kier alpha value is -1.27. The highest BCUT2D eigenvalue weighted by atomic mass is 79.9. The summed E-state index contributed by atoms with van der Waals surface area (Å²) in [6.45, 7) is 1.39. The van der Waals surface area contributed by atoms with Gasteiger partial charge in [0, 0.05) is 5.02 Å². The molecule has 1 N–H and O–H groups in total. The molecule has 7 heteroatoms.